The summed E-state index contributed by atoms with van der Waals surface area (Å²) in [6.07, 6.45) is 2.34. The number of nitrogens with one attached hydrogen (secondary N) is 2. The number of benzene rings is 2. The minimum absolute atomic E-state index is 0.209. The number of aryl methyl sites for hydroxylation is 1. The zero-order valence-corrected chi connectivity index (χ0v) is 13.8. The molecule has 0 aliphatic carbocycles. The molecule has 0 amide bonds. The summed E-state index contributed by atoms with van der Waals surface area (Å²) in [5.74, 6) is -0.403. The van der Waals surface area contributed by atoms with Crippen molar-refractivity contribution in [2.24, 2.45) is 5.92 Å². The van der Waals surface area contributed by atoms with Crippen molar-refractivity contribution in [2.45, 2.75) is 31.8 Å². The fourth-order valence-corrected chi connectivity index (χ4v) is 4.12. The molecule has 4 heteroatoms. The monoisotopic (exact) mass is 322 g/mol. The fraction of sp³-hybridized carbons (Fsp3) is 0.350. The number of piperidine rings is 1. The van der Waals surface area contributed by atoms with Crippen LogP contribution in [-0.2, 0) is 0 Å². The molecular formula is C20H22N2O2. The van der Waals surface area contributed by atoms with Crippen LogP contribution < -0.4 is 10.6 Å². The molecule has 3 atom stereocenters. The van der Waals surface area contributed by atoms with Crippen molar-refractivity contribution in [1.82, 2.24) is 5.32 Å². The number of anilines is 1. The SMILES string of the molecule is Cc1ccc2c(c1)[C@@H]1NCCC[C@@H]1[C@H](c1ccc(C(=O)O)cc1)N2. The first-order valence-electron chi connectivity index (χ1n) is 8.57. The van der Waals surface area contributed by atoms with Gasteiger partial charge in [0.1, 0.15) is 0 Å². The van der Waals surface area contributed by atoms with E-state index in [-0.39, 0.29) is 6.04 Å². The Morgan fingerprint density at radius 3 is 2.67 bits per heavy atom. The second kappa shape index (κ2) is 5.95. The molecule has 2 aromatic carbocycles. The average Bonchev–Trinajstić information content (AvgIpc) is 2.61. The van der Waals surface area contributed by atoms with Gasteiger partial charge in [-0.2, -0.15) is 0 Å². The van der Waals surface area contributed by atoms with E-state index >= 15 is 0 Å². The Balaban J connectivity index is 1.73. The lowest BCUT2D eigenvalue weighted by Gasteiger charge is -2.44. The smallest absolute Gasteiger partial charge is 0.335 e. The number of rotatable bonds is 2. The maximum absolute atomic E-state index is 11.1. The Bertz CT molecular complexity index is 770. The number of hydrogen-bond donors (Lipinski definition) is 3. The molecule has 0 unspecified atom stereocenters. The van der Waals surface area contributed by atoms with Crippen LogP contribution in [0.2, 0.25) is 0 Å². The first kappa shape index (κ1) is 15.2. The van der Waals surface area contributed by atoms with E-state index in [0.717, 1.165) is 12.1 Å². The molecule has 2 aromatic rings. The van der Waals surface area contributed by atoms with E-state index in [2.05, 4.69) is 35.8 Å². The molecule has 1 fully saturated rings. The molecule has 2 aliphatic rings. The Labute approximate surface area is 141 Å². The van der Waals surface area contributed by atoms with Gasteiger partial charge in [0.25, 0.3) is 0 Å². The maximum atomic E-state index is 11.1. The largest absolute Gasteiger partial charge is 0.478 e. The molecule has 0 saturated carbocycles. The Morgan fingerprint density at radius 2 is 1.92 bits per heavy atom. The number of aromatic carboxylic acids is 1. The third-order valence-electron chi connectivity index (χ3n) is 5.30. The molecule has 24 heavy (non-hydrogen) atoms. The van der Waals surface area contributed by atoms with Gasteiger partial charge in [0.15, 0.2) is 0 Å². The number of hydrogen-bond acceptors (Lipinski definition) is 3. The minimum atomic E-state index is -0.879. The normalized spacial score (nSPS) is 25.3. The predicted octanol–water partition coefficient (Wildman–Crippen LogP) is 3.90. The summed E-state index contributed by atoms with van der Waals surface area (Å²) < 4.78 is 0. The second-order valence-corrected chi connectivity index (χ2v) is 6.88. The van der Waals surface area contributed by atoms with E-state index in [4.69, 9.17) is 5.11 Å². The van der Waals surface area contributed by atoms with Crippen LogP contribution in [0, 0.1) is 12.8 Å². The molecular weight excluding hydrogens is 300 g/mol. The number of carboxylic acids is 1. The Kier molecular flexibility index (Phi) is 3.77. The summed E-state index contributed by atoms with van der Waals surface area (Å²) >= 11 is 0. The second-order valence-electron chi connectivity index (χ2n) is 6.88. The predicted molar refractivity (Wildman–Crippen MR) is 94.4 cm³/mol. The van der Waals surface area contributed by atoms with Crippen molar-refractivity contribution in [1.29, 1.82) is 0 Å². The van der Waals surface area contributed by atoms with Crippen LogP contribution in [0.15, 0.2) is 42.5 Å². The third-order valence-corrected chi connectivity index (χ3v) is 5.30. The molecule has 0 aromatic heterocycles. The van der Waals surface area contributed by atoms with E-state index < -0.39 is 5.97 Å². The van der Waals surface area contributed by atoms with Gasteiger partial charge in [0, 0.05) is 17.6 Å². The van der Waals surface area contributed by atoms with Crippen LogP contribution in [0.4, 0.5) is 5.69 Å². The summed E-state index contributed by atoms with van der Waals surface area (Å²) in [7, 11) is 0. The van der Waals surface area contributed by atoms with E-state index in [0.29, 0.717) is 17.5 Å². The summed E-state index contributed by atoms with van der Waals surface area (Å²) in [6, 6.07) is 14.5. The van der Waals surface area contributed by atoms with E-state index in [1.165, 1.54) is 29.7 Å². The first-order chi connectivity index (χ1) is 11.6. The average molecular weight is 322 g/mol. The highest BCUT2D eigenvalue weighted by Gasteiger charge is 2.38. The van der Waals surface area contributed by atoms with Gasteiger partial charge in [0.2, 0.25) is 0 Å². The van der Waals surface area contributed by atoms with Crippen LogP contribution in [0.1, 0.15) is 52.0 Å². The number of carbonyl (C=O) groups is 1. The van der Waals surface area contributed by atoms with Gasteiger partial charge in [-0.15, -0.1) is 0 Å². The van der Waals surface area contributed by atoms with Gasteiger partial charge in [-0.05, 0) is 55.6 Å². The lowest BCUT2D eigenvalue weighted by molar-refractivity contribution is 0.0697. The molecule has 4 rings (SSSR count). The molecule has 1 saturated heterocycles. The fourth-order valence-electron chi connectivity index (χ4n) is 4.12. The molecule has 4 nitrogen and oxygen atoms in total. The van der Waals surface area contributed by atoms with Crippen molar-refractivity contribution in [2.75, 3.05) is 11.9 Å². The van der Waals surface area contributed by atoms with Crippen LogP contribution >= 0.6 is 0 Å². The molecule has 0 radical (unpaired) electrons. The number of fused-ring (bicyclic) bond motifs is 3. The summed E-state index contributed by atoms with van der Waals surface area (Å²) in [5, 5.41) is 16.5. The van der Waals surface area contributed by atoms with Gasteiger partial charge in [-0.3, -0.25) is 0 Å². The highest BCUT2D eigenvalue weighted by atomic mass is 16.4. The quantitative estimate of drug-likeness (QED) is 0.785. The van der Waals surface area contributed by atoms with Crippen LogP contribution in [0.5, 0.6) is 0 Å². The highest BCUT2D eigenvalue weighted by molar-refractivity contribution is 5.87. The van der Waals surface area contributed by atoms with Gasteiger partial charge in [-0.25, -0.2) is 4.79 Å². The summed E-state index contributed by atoms with van der Waals surface area (Å²) in [6.45, 7) is 3.19. The molecule has 3 N–H and O–H groups in total. The summed E-state index contributed by atoms with van der Waals surface area (Å²) in [4.78, 5) is 11.1. The first-order valence-corrected chi connectivity index (χ1v) is 8.57. The van der Waals surface area contributed by atoms with E-state index in [9.17, 15) is 4.79 Å². The molecule has 0 bridgehead atoms. The molecule has 0 spiro atoms. The summed E-state index contributed by atoms with van der Waals surface area (Å²) in [5.41, 5.74) is 5.32. The van der Waals surface area contributed by atoms with Crippen molar-refractivity contribution in [3.63, 3.8) is 0 Å². The van der Waals surface area contributed by atoms with Crippen LogP contribution in [-0.4, -0.2) is 17.6 Å². The topological polar surface area (TPSA) is 61.4 Å². The van der Waals surface area contributed by atoms with E-state index in [1.54, 1.807) is 12.1 Å². The minimum Gasteiger partial charge on any atom is -0.478 e. The lowest BCUT2D eigenvalue weighted by atomic mass is 9.75. The standard InChI is InChI=1S/C20H22N2O2/c1-12-4-9-17-16(11-12)19-15(3-2-10-21-19)18(22-17)13-5-7-14(8-6-13)20(23)24/h4-9,11,15,18-19,21-22H,2-3,10H2,1H3,(H,23,24)/t15-,18+,19-/m1/s1. The van der Waals surface area contributed by atoms with Gasteiger partial charge in [-0.1, -0.05) is 29.8 Å². The van der Waals surface area contributed by atoms with Crippen LogP contribution in [0.3, 0.4) is 0 Å². The van der Waals surface area contributed by atoms with Gasteiger partial charge >= 0.3 is 5.97 Å². The molecule has 2 aliphatic heterocycles. The van der Waals surface area contributed by atoms with Crippen molar-refractivity contribution >= 4 is 11.7 Å². The van der Waals surface area contributed by atoms with Gasteiger partial charge in [0.05, 0.1) is 11.6 Å². The van der Waals surface area contributed by atoms with Crippen molar-refractivity contribution < 1.29 is 9.90 Å². The highest BCUT2D eigenvalue weighted by Crippen LogP contribution is 2.46. The van der Waals surface area contributed by atoms with Gasteiger partial charge < -0.3 is 15.7 Å². The Morgan fingerprint density at radius 1 is 1.12 bits per heavy atom. The maximum Gasteiger partial charge on any atom is 0.335 e. The lowest BCUT2D eigenvalue weighted by Crippen LogP contribution is -2.42. The zero-order chi connectivity index (χ0) is 16.7. The van der Waals surface area contributed by atoms with Crippen LogP contribution in [0.25, 0.3) is 0 Å². The van der Waals surface area contributed by atoms with E-state index in [1.807, 2.05) is 12.1 Å². The number of carboxylic acid groups (broad SMARTS) is 1. The Hall–Kier alpha value is -2.33. The molecule has 124 valence electrons. The van der Waals surface area contributed by atoms with Crippen molar-refractivity contribution in [3.8, 4) is 0 Å². The third kappa shape index (κ3) is 2.57. The molecule has 2 heterocycles. The zero-order valence-electron chi connectivity index (χ0n) is 13.8. The van der Waals surface area contributed by atoms with Crippen molar-refractivity contribution in [3.05, 3.63) is 64.7 Å².